The number of benzene rings is 1. The summed E-state index contributed by atoms with van der Waals surface area (Å²) in [7, 11) is 1.62. The molecule has 3 rings (SSSR count). The number of H-pyrrole nitrogens is 1. The second-order valence-electron chi connectivity index (χ2n) is 5.31. The molecule has 0 saturated heterocycles. The van der Waals surface area contributed by atoms with Gasteiger partial charge in [-0.15, -0.1) is 0 Å². The molecule has 0 bridgehead atoms. The van der Waals surface area contributed by atoms with Gasteiger partial charge in [0, 0.05) is 17.8 Å². The Morgan fingerprint density at radius 3 is 3.09 bits per heavy atom. The number of nitrogens with one attached hydrogen (secondary N) is 2. The minimum absolute atomic E-state index is 0.0735. The second kappa shape index (κ2) is 6.09. The number of anilines is 1. The van der Waals surface area contributed by atoms with E-state index in [1.165, 1.54) is 0 Å². The molecule has 6 nitrogen and oxygen atoms in total. The normalized spacial score (nSPS) is 16.5. The number of hydrogen-bond donors (Lipinski definition) is 2. The third kappa shape index (κ3) is 2.90. The van der Waals surface area contributed by atoms with E-state index < -0.39 is 0 Å². The monoisotopic (exact) mass is 301 g/mol. The van der Waals surface area contributed by atoms with Crippen molar-refractivity contribution in [1.82, 2.24) is 10.2 Å². The van der Waals surface area contributed by atoms with Crippen molar-refractivity contribution in [1.29, 1.82) is 0 Å². The summed E-state index contributed by atoms with van der Waals surface area (Å²) < 4.78 is 10.9. The lowest BCUT2D eigenvalue weighted by Gasteiger charge is -2.24. The number of fused-ring (bicyclic) bond motifs is 1. The van der Waals surface area contributed by atoms with Crippen LogP contribution in [-0.2, 0) is 17.6 Å². The molecule has 1 aromatic carbocycles. The topological polar surface area (TPSA) is 76.2 Å². The highest BCUT2D eigenvalue weighted by atomic mass is 16.5. The van der Waals surface area contributed by atoms with Crippen LogP contribution >= 0.6 is 0 Å². The minimum Gasteiger partial charge on any atom is -0.497 e. The van der Waals surface area contributed by atoms with Crippen molar-refractivity contribution in [2.45, 2.75) is 19.8 Å². The third-order valence-corrected chi connectivity index (χ3v) is 3.81. The van der Waals surface area contributed by atoms with E-state index in [0.717, 1.165) is 29.2 Å². The molecule has 6 heteroatoms. The van der Waals surface area contributed by atoms with E-state index in [1.807, 2.05) is 31.2 Å². The lowest BCUT2D eigenvalue weighted by molar-refractivity contribution is -0.121. The fourth-order valence-corrected chi connectivity index (χ4v) is 2.48. The predicted molar refractivity (Wildman–Crippen MR) is 82.3 cm³/mol. The molecule has 1 aliphatic heterocycles. The Labute approximate surface area is 128 Å². The molecule has 22 heavy (non-hydrogen) atoms. The Hall–Kier alpha value is -2.50. The zero-order valence-corrected chi connectivity index (χ0v) is 12.7. The average Bonchev–Trinajstić information content (AvgIpc) is 3.01. The van der Waals surface area contributed by atoms with Crippen LogP contribution in [0, 0.1) is 5.92 Å². The molecule has 1 amide bonds. The van der Waals surface area contributed by atoms with Gasteiger partial charge in [0.05, 0.1) is 13.0 Å². The number of nitrogens with zero attached hydrogens (tertiary/aromatic N) is 1. The molecule has 0 radical (unpaired) electrons. The van der Waals surface area contributed by atoms with Crippen molar-refractivity contribution in [2.24, 2.45) is 5.92 Å². The summed E-state index contributed by atoms with van der Waals surface area (Å²) in [4.78, 5) is 12.3. The number of aromatic amines is 1. The quantitative estimate of drug-likeness (QED) is 0.907. The first-order valence-corrected chi connectivity index (χ1v) is 7.34. The maximum atomic E-state index is 12.3. The first-order valence-electron chi connectivity index (χ1n) is 7.34. The maximum Gasteiger partial charge on any atom is 0.232 e. The zero-order chi connectivity index (χ0) is 15.5. The number of aryl methyl sites for hydroxylation is 1. The molecule has 116 valence electrons. The van der Waals surface area contributed by atoms with Crippen molar-refractivity contribution in [3.63, 3.8) is 0 Å². The molecule has 0 spiro atoms. The van der Waals surface area contributed by atoms with Gasteiger partial charge in [0.15, 0.2) is 5.82 Å². The number of carbonyl (C=O) groups is 1. The summed E-state index contributed by atoms with van der Waals surface area (Å²) in [5, 5.41) is 9.79. The van der Waals surface area contributed by atoms with Crippen LogP contribution in [0.15, 0.2) is 24.3 Å². The van der Waals surface area contributed by atoms with Gasteiger partial charge < -0.3 is 14.8 Å². The lowest BCUT2D eigenvalue weighted by atomic mass is 9.96. The number of carbonyl (C=O) groups excluding carboxylic acids is 1. The molecular formula is C16H19N3O3. The van der Waals surface area contributed by atoms with Crippen LogP contribution in [0.3, 0.4) is 0 Å². The number of hydrogen-bond acceptors (Lipinski definition) is 4. The Morgan fingerprint density at radius 1 is 1.50 bits per heavy atom. The Balaban J connectivity index is 1.67. The summed E-state index contributed by atoms with van der Waals surface area (Å²) >= 11 is 0. The third-order valence-electron chi connectivity index (χ3n) is 3.81. The molecule has 0 fully saturated rings. The van der Waals surface area contributed by atoms with E-state index in [-0.39, 0.29) is 11.8 Å². The van der Waals surface area contributed by atoms with E-state index in [0.29, 0.717) is 18.8 Å². The van der Waals surface area contributed by atoms with Crippen LogP contribution in [0.5, 0.6) is 11.5 Å². The van der Waals surface area contributed by atoms with Crippen LogP contribution in [0.4, 0.5) is 5.82 Å². The summed E-state index contributed by atoms with van der Waals surface area (Å²) in [6.45, 7) is 2.39. The van der Waals surface area contributed by atoms with E-state index >= 15 is 0 Å². The minimum atomic E-state index is -0.220. The summed E-state index contributed by atoms with van der Waals surface area (Å²) in [5.41, 5.74) is 2.01. The van der Waals surface area contributed by atoms with Crippen LogP contribution < -0.4 is 14.8 Å². The van der Waals surface area contributed by atoms with Crippen LogP contribution in [0.1, 0.15) is 18.2 Å². The maximum absolute atomic E-state index is 12.3. The summed E-state index contributed by atoms with van der Waals surface area (Å²) in [5.74, 6) is 1.81. The van der Waals surface area contributed by atoms with E-state index in [4.69, 9.17) is 9.47 Å². The highest BCUT2D eigenvalue weighted by Gasteiger charge is 2.26. The van der Waals surface area contributed by atoms with Gasteiger partial charge in [-0.25, -0.2) is 0 Å². The number of aromatic nitrogens is 2. The van der Waals surface area contributed by atoms with Crippen molar-refractivity contribution in [3.8, 4) is 11.5 Å². The SMILES string of the molecule is CCc1cc(NC(=O)[C@H]2COc3cc(OC)ccc3C2)n[nH]1. The molecule has 1 aliphatic rings. The Morgan fingerprint density at radius 2 is 2.36 bits per heavy atom. The van der Waals surface area contributed by atoms with Crippen LogP contribution in [-0.4, -0.2) is 29.8 Å². The number of rotatable bonds is 4. The van der Waals surface area contributed by atoms with E-state index in [1.54, 1.807) is 7.11 Å². The average molecular weight is 301 g/mol. The molecule has 2 N–H and O–H groups in total. The van der Waals surface area contributed by atoms with Crippen molar-refractivity contribution in [3.05, 3.63) is 35.5 Å². The molecule has 0 unspecified atom stereocenters. The standard InChI is InChI=1S/C16H19N3O3/c1-3-12-7-15(19-18-12)17-16(20)11-6-10-4-5-13(21-2)8-14(10)22-9-11/h4-5,7-8,11H,3,6,9H2,1-2H3,(H2,17,18,19,20)/t11-/m1/s1. The van der Waals surface area contributed by atoms with Crippen molar-refractivity contribution >= 4 is 11.7 Å². The fourth-order valence-electron chi connectivity index (χ4n) is 2.48. The van der Waals surface area contributed by atoms with Crippen molar-refractivity contribution in [2.75, 3.05) is 19.0 Å². The zero-order valence-electron chi connectivity index (χ0n) is 12.7. The number of ether oxygens (including phenoxy) is 2. The summed E-state index contributed by atoms with van der Waals surface area (Å²) in [6, 6.07) is 7.52. The summed E-state index contributed by atoms with van der Waals surface area (Å²) in [6.07, 6.45) is 1.50. The Bertz CT molecular complexity index is 681. The van der Waals surface area contributed by atoms with Crippen LogP contribution in [0.2, 0.25) is 0 Å². The molecule has 2 heterocycles. The largest absolute Gasteiger partial charge is 0.497 e. The molecule has 1 aromatic heterocycles. The Kier molecular flexibility index (Phi) is 4.00. The first kappa shape index (κ1) is 14.4. The van der Waals surface area contributed by atoms with Gasteiger partial charge in [-0.2, -0.15) is 5.10 Å². The molecule has 0 aliphatic carbocycles. The van der Waals surface area contributed by atoms with Gasteiger partial charge in [0.1, 0.15) is 18.1 Å². The molecular weight excluding hydrogens is 282 g/mol. The molecule has 2 aromatic rings. The highest BCUT2D eigenvalue weighted by molar-refractivity contribution is 5.92. The van der Waals surface area contributed by atoms with Crippen LogP contribution in [0.25, 0.3) is 0 Å². The van der Waals surface area contributed by atoms with Gasteiger partial charge in [-0.05, 0) is 24.5 Å². The first-order chi connectivity index (χ1) is 10.7. The van der Waals surface area contributed by atoms with Gasteiger partial charge in [-0.1, -0.05) is 13.0 Å². The number of methoxy groups -OCH3 is 1. The second-order valence-corrected chi connectivity index (χ2v) is 5.31. The van der Waals surface area contributed by atoms with Gasteiger partial charge >= 0.3 is 0 Å². The molecule has 1 atom stereocenters. The van der Waals surface area contributed by atoms with E-state index in [9.17, 15) is 4.79 Å². The number of amides is 1. The predicted octanol–water partition coefficient (Wildman–Crippen LogP) is 2.17. The fraction of sp³-hybridized carbons (Fsp3) is 0.375. The van der Waals surface area contributed by atoms with Gasteiger partial charge in [-0.3, -0.25) is 9.89 Å². The van der Waals surface area contributed by atoms with E-state index in [2.05, 4.69) is 15.5 Å². The lowest BCUT2D eigenvalue weighted by Crippen LogP contribution is -2.32. The van der Waals surface area contributed by atoms with Gasteiger partial charge in [0.2, 0.25) is 5.91 Å². The van der Waals surface area contributed by atoms with Gasteiger partial charge in [0.25, 0.3) is 0 Å². The van der Waals surface area contributed by atoms with Crippen molar-refractivity contribution < 1.29 is 14.3 Å². The smallest absolute Gasteiger partial charge is 0.232 e. The highest BCUT2D eigenvalue weighted by Crippen LogP contribution is 2.31. The molecule has 0 saturated carbocycles.